The molecule has 1 aliphatic rings. The minimum absolute atomic E-state index is 0.259. The number of ether oxygens (including phenoxy) is 1. The van der Waals surface area contributed by atoms with Crippen molar-refractivity contribution in [3.8, 4) is 0 Å². The first-order valence-electron chi connectivity index (χ1n) is 10.8. The predicted molar refractivity (Wildman–Crippen MR) is 129 cm³/mol. The van der Waals surface area contributed by atoms with E-state index in [1.807, 2.05) is 18.2 Å². The third-order valence-corrected chi connectivity index (χ3v) is 6.34. The molecule has 34 heavy (non-hydrogen) atoms. The topological polar surface area (TPSA) is 74.4 Å². The number of nitrogens with one attached hydrogen (secondary N) is 2. The molecule has 2 heterocycles. The van der Waals surface area contributed by atoms with Gasteiger partial charge in [0.25, 0.3) is 0 Å². The van der Waals surface area contributed by atoms with Gasteiger partial charge in [0.1, 0.15) is 5.82 Å². The van der Waals surface area contributed by atoms with E-state index in [1.165, 1.54) is 19.2 Å². The lowest BCUT2D eigenvalue weighted by Crippen LogP contribution is -2.43. The summed E-state index contributed by atoms with van der Waals surface area (Å²) in [5, 5.41) is 4.49. The van der Waals surface area contributed by atoms with Gasteiger partial charge in [-0.3, -0.25) is 0 Å². The molecule has 8 heteroatoms. The number of nitrogens with zero attached hydrogens (tertiary/aromatic N) is 1. The Hall–Kier alpha value is -3.84. The molecule has 1 aromatic heterocycles. The molecular weight excluding hydrogens is 457 g/mol. The first kappa shape index (κ1) is 22.0. The molecule has 0 bridgehead atoms. The zero-order valence-electron chi connectivity index (χ0n) is 18.3. The summed E-state index contributed by atoms with van der Waals surface area (Å²) in [6.07, 6.45) is 0.611. The normalized spacial score (nSPS) is 15.1. The number of rotatable bonds is 3. The highest BCUT2D eigenvalue weighted by Crippen LogP contribution is 2.39. The Labute approximate surface area is 200 Å². The van der Waals surface area contributed by atoms with Crippen LogP contribution in [-0.4, -0.2) is 35.5 Å². The van der Waals surface area contributed by atoms with Gasteiger partial charge in [-0.25, -0.2) is 14.0 Å². The third kappa shape index (κ3) is 3.88. The highest BCUT2D eigenvalue weighted by atomic mass is 35.5. The minimum atomic E-state index is -0.542. The van der Waals surface area contributed by atoms with Crippen molar-refractivity contribution in [3.05, 3.63) is 100.0 Å². The van der Waals surface area contributed by atoms with Gasteiger partial charge in [0.15, 0.2) is 0 Å². The first-order valence-corrected chi connectivity index (χ1v) is 11.1. The number of amides is 2. The zero-order chi connectivity index (χ0) is 23.8. The Bertz CT molecular complexity index is 1400. The largest absolute Gasteiger partial charge is 0.465 e. The van der Waals surface area contributed by atoms with Crippen molar-refractivity contribution in [1.29, 1.82) is 0 Å². The van der Waals surface area contributed by atoms with Gasteiger partial charge in [0, 0.05) is 28.2 Å². The van der Waals surface area contributed by atoms with Crippen LogP contribution < -0.4 is 5.32 Å². The number of hydrogen-bond donors (Lipinski definition) is 2. The lowest BCUT2D eigenvalue weighted by Gasteiger charge is -2.36. The average Bonchev–Trinajstić information content (AvgIpc) is 3.21. The number of hydrogen-bond acceptors (Lipinski definition) is 3. The second-order valence-corrected chi connectivity index (χ2v) is 8.51. The van der Waals surface area contributed by atoms with Gasteiger partial charge < -0.3 is 19.9 Å². The van der Waals surface area contributed by atoms with Crippen LogP contribution in [0.5, 0.6) is 0 Å². The monoisotopic (exact) mass is 477 g/mol. The van der Waals surface area contributed by atoms with Crippen molar-refractivity contribution in [2.45, 2.75) is 12.5 Å². The highest BCUT2D eigenvalue weighted by Gasteiger charge is 2.35. The molecule has 0 unspecified atom stereocenters. The Kier molecular flexibility index (Phi) is 5.71. The van der Waals surface area contributed by atoms with Crippen LogP contribution in [0.3, 0.4) is 0 Å². The number of esters is 1. The summed E-state index contributed by atoms with van der Waals surface area (Å²) in [6.45, 7) is 0.417. The maximum absolute atomic E-state index is 13.7. The summed E-state index contributed by atoms with van der Waals surface area (Å²) in [5.41, 5.74) is 4.22. The van der Waals surface area contributed by atoms with Gasteiger partial charge in [-0.1, -0.05) is 35.9 Å². The number of fused-ring (bicyclic) bond motifs is 3. The quantitative estimate of drug-likeness (QED) is 0.359. The number of halogens is 2. The number of aromatic nitrogens is 1. The third-order valence-electron chi connectivity index (χ3n) is 6.11. The van der Waals surface area contributed by atoms with Gasteiger partial charge in [0.05, 0.1) is 24.4 Å². The van der Waals surface area contributed by atoms with Crippen molar-refractivity contribution < 1.29 is 18.7 Å². The fourth-order valence-corrected chi connectivity index (χ4v) is 4.71. The summed E-state index contributed by atoms with van der Waals surface area (Å²) in [7, 11) is 1.29. The van der Waals surface area contributed by atoms with Gasteiger partial charge in [-0.15, -0.1) is 0 Å². The molecule has 0 fully saturated rings. The van der Waals surface area contributed by atoms with Crippen LogP contribution in [0.15, 0.2) is 66.7 Å². The first-order chi connectivity index (χ1) is 16.5. The predicted octanol–water partition coefficient (Wildman–Crippen LogP) is 5.93. The van der Waals surface area contributed by atoms with Gasteiger partial charge in [-0.05, 0) is 60.0 Å². The maximum Gasteiger partial charge on any atom is 0.339 e. The Morgan fingerprint density at radius 1 is 1.12 bits per heavy atom. The molecule has 0 saturated heterocycles. The van der Waals surface area contributed by atoms with Gasteiger partial charge in [0.2, 0.25) is 0 Å². The fourth-order valence-electron chi connectivity index (χ4n) is 4.54. The smallest absolute Gasteiger partial charge is 0.339 e. The van der Waals surface area contributed by atoms with Crippen molar-refractivity contribution in [2.24, 2.45) is 0 Å². The van der Waals surface area contributed by atoms with Crippen molar-refractivity contribution in [1.82, 2.24) is 9.88 Å². The molecule has 0 spiro atoms. The molecule has 3 aromatic carbocycles. The van der Waals surface area contributed by atoms with E-state index in [2.05, 4.69) is 10.3 Å². The molecule has 0 saturated carbocycles. The summed E-state index contributed by atoms with van der Waals surface area (Å²) in [4.78, 5) is 30.8. The summed E-state index contributed by atoms with van der Waals surface area (Å²) in [6, 6.07) is 17.6. The Morgan fingerprint density at radius 3 is 2.65 bits per heavy atom. The van der Waals surface area contributed by atoms with E-state index in [1.54, 1.807) is 41.3 Å². The Morgan fingerprint density at radius 2 is 1.88 bits per heavy atom. The molecule has 1 aliphatic heterocycles. The lowest BCUT2D eigenvalue weighted by molar-refractivity contribution is 0.0602. The number of benzene rings is 3. The van der Waals surface area contributed by atoms with Crippen molar-refractivity contribution in [2.75, 3.05) is 19.0 Å². The van der Waals surface area contributed by atoms with Crippen LogP contribution in [0, 0.1) is 5.82 Å². The summed E-state index contributed by atoms with van der Waals surface area (Å²) in [5.74, 6) is -0.898. The molecule has 4 aromatic rings. The SMILES string of the molecule is COC(=O)c1ccccc1NC(=O)N1CCc2c([nH]c3ccc(Cl)cc23)[C@H]1c1ccc(F)cc1. The van der Waals surface area contributed by atoms with Crippen LogP contribution in [0.2, 0.25) is 5.02 Å². The number of urea groups is 1. The molecule has 6 nitrogen and oxygen atoms in total. The fraction of sp³-hybridized carbons (Fsp3) is 0.154. The number of anilines is 1. The van der Waals surface area contributed by atoms with E-state index in [-0.39, 0.29) is 17.4 Å². The van der Waals surface area contributed by atoms with Gasteiger partial charge >= 0.3 is 12.0 Å². The standard InChI is InChI=1S/C26H21ClFN3O3/c1-34-25(32)19-4-2-3-5-21(19)30-26(33)31-13-12-18-20-14-16(27)8-11-22(20)29-23(18)24(31)15-6-9-17(28)10-7-15/h2-11,14,24,29H,12-13H2,1H3,(H,30,33)/t24-/m1/s1. The second-order valence-electron chi connectivity index (χ2n) is 8.07. The molecule has 0 radical (unpaired) electrons. The second kappa shape index (κ2) is 8.83. The van der Waals surface area contributed by atoms with Crippen LogP contribution in [0.25, 0.3) is 10.9 Å². The number of methoxy groups -OCH3 is 1. The van der Waals surface area contributed by atoms with E-state index < -0.39 is 12.0 Å². The van der Waals surface area contributed by atoms with E-state index in [9.17, 15) is 14.0 Å². The summed E-state index contributed by atoms with van der Waals surface area (Å²) >= 11 is 6.24. The minimum Gasteiger partial charge on any atom is -0.465 e. The van der Waals surface area contributed by atoms with Crippen LogP contribution in [0.1, 0.15) is 33.2 Å². The molecule has 0 aliphatic carbocycles. The van der Waals surface area contributed by atoms with E-state index >= 15 is 0 Å². The number of carbonyl (C=O) groups is 2. The number of H-pyrrole nitrogens is 1. The number of carbonyl (C=O) groups excluding carboxylic acids is 2. The molecule has 172 valence electrons. The zero-order valence-corrected chi connectivity index (χ0v) is 19.0. The average molecular weight is 478 g/mol. The van der Waals surface area contributed by atoms with E-state index in [0.29, 0.717) is 23.7 Å². The van der Waals surface area contributed by atoms with Crippen molar-refractivity contribution >= 4 is 40.2 Å². The van der Waals surface area contributed by atoms with Crippen LogP contribution in [-0.2, 0) is 11.2 Å². The van der Waals surface area contributed by atoms with Crippen LogP contribution >= 0.6 is 11.6 Å². The molecule has 2 amide bonds. The Balaban J connectivity index is 1.57. The van der Waals surface area contributed by atoms with Gasteiger partial charge in [-0.2, -0.15) is 0 Å². The van der Waals surface area contributed by atoms with E-state index in [4.69, 9.17) is 16.3 Å². The van der Waals surface area contributed by atoms with E-state index in [0.717, 1.165) is 27.7 Å². The van der Waals surface area contributed by atoms with Crippen molar-refractivity contribution in [3.63, 3.8) is 0 Å². The maximum atomic E-state index is 13.7. The molecular formula is C26H21ClFN3O3. The lowest BCUT2D eigenvalue weighted by atomic mass is 9.92. The molecule has 5 rings (SSSR count). The molecule has 2 N–H and O–H groups in total. The number of para-hydroxylation sites is 1. The van der Waals surface area contributed by atoms with Crippen LogP contribution in [0.4, 0.5) is 14.9 Å². The highest BCUT2D eigenvalue weighted by molar-refractivity contribution is 6.31. The summed E-state index contributed by atoms with van der Waals surface area (Å²) < 4.78 is 18.5. The number of aromatic amines is 1. The molecule has 1 atom stereocenters.